The van der Waals surface area contributed by atoms with Crippen molar-refractivity contribution in [2.24, 2.45) is 0 Å². The maximum absolute atomic E-state index is 12.8. The molecule has 29 heavy (non-hydrogen) atoms. The van der Waals surface area contributed by atoms with Crippen molar-refractivity contribution in [3.8, 4) is 11.8 Å². The molecule has 0 saturated carbocycles. The van der Waals surface area contributed by atoms with Crippen LogP contribution in [0.2, 0.25) is 0 Å². The van der Waals surface area contributed by atoms with E-state index in [0.29, 0.717) is 16.0 Å². The average molecular weight is 402 g/mol. The van der Waals surface area contributed by atoms with Crippen molar-refractivity contribution in [2.75, 3.05) is 11.6 Å². The Bertz CT molecular complexity index is 1320. The molecule has 2 aromatic carbocycles. The lowest BCUT2D eigenvalue weighted by atomic mass is 10.2. The number of benzene rings is 2. The zero-order chi connectivity index (χ0) is 20.4. The molecule has 0 spiro atoms. The molecule has 0 saturated heterocycles. The molecule has 2 aromatic heterocycles. The molecule has 0 bridgehead atoms. The lowest BCUT2D eigenvalue weighted by Crippen LogP contribution is -2.21. The van der Waals surface area contributed by atoms with Crippen molar-refractivity contribution in [3.63, 3.8) is 0 Å². The number of nitriles is 1. The van der Waals surface area contributed by atoms with Crippen molar-refractivity contribution >= 4 is 34.5 Å². The lowest BCUT2D eigenvalue weighted by molar-refractivity contribution is 0.102. The van der Waals surface area contributed by atoms with Crippen LogP contribution < -0.4 is 10.9 Å². The molecule has 1 N–H and O–H groups in total. The number of anilines is 1. The number of nitrogens with zero attached hydrogens (tertiary/aromatic N) is 3. The summed E-state index contributed by atoms with van der Waals surface area (Å²) < 4.78 is 6.80. The van der Waals surface area contributed by atoms with E-state index in [1.807, 2.05) is 36.6 Å². The minimum absolute atomic E-state index is 0.0817. The maximum Gasteiger partial charge on any atom is 0.349 e. The largest absolute Gasteiger partial charge is 0.422 e. The highest BCUT2D eigenvalue weighted by Crippen LogP contribution is 2.29. The van der Waals surface area contributed by atoms with Gasteiger partial charge in [0, 0.05) is 5.39 Å². The summed E-state index contributed by atoms with van der Waals surface area (Å²) in [5, 5.41) is 17.8. The Labute approximate surface area is 169 Å². The Balaban J connectivity index is 1.76. The average Bonchev–Trinajstić information content (AvgIpc) is 3.10. The molecule has 4 aromatic rings. The first-order valence-corrected chi connectivity index (χ1v) is 9.81. The molecule has 0 unspecified atom stereocenters. The van der Waals surface area contributed by atoms with Gasteiger partial charge < -0.3 is 9.73 Å². The molecular formula is C21H14N4O3S. The van der Waals surface area contributed by atoms with Crippen LogP contribution in [0.5, 0.6) is 0 Å². The fourth-order valence-electron chi connectivity index (χ4n) is 2.92. The molecule has 2 heterocycles. The summed E-state index contributed by atoms with van der Waals surface area (Å²) in [6.07, 6.45) is 1.82. The topological polar surface area (TPSA) is 101 Å². The second-order valence-electron chi connectivity index (χ2n) is 6.03. The van der Waals surface area contributed by atoms with Gasteiger partial charge in [-0.2, -0.15) is 5.26 Å². The van der Waals surface area contributed by atoms with Gasteiger partial charge in [0.1, 0.15) is 27.8 Å². The first-order chi connectivity index (χ1) is 14.1. The molecule has 0 aliphatic heterocycles. The molecule has 8 heteroatoms. The second kappa shape index (κ2) is 7.66. The summed E-state index contributed by atoms with van der Waals surface area (Å²) in [4.78, 5) is 25.0. The van der Waals surface area contributed by atoms with E-state index in [1.165, 1.54) is 17.8 Å². The van der Waals surface area contributed by atoms with E-state index < -0.39 is 11.5 Å². The highest BCUT2D eigenvalue weighted by atomic mass is 32.2. The number of aromatic nitrogens is 2. The van der Waals surface area contributed by atoms with Gasteiger partial charge in [0.15, 0.2) is 5.82 Å². The van der Waals surface area contributed by atoms with Crippen LogP contribution >= 0.6 is 11.8 Å². The van der Waals surface area contributed by atoms with Crippen LogP contribution in [0.25, 0.3) is 16.7 Å². The molecule has 0 fully saturated rings. The third kappa shape index (κ3) is 3.39. The SMILES string of the molecule is CSc1c(C#N)c(NC(=O)c2cc3ccccc3oc2=O)nn1-c1ccccc1. The van der Waals surface area contributed by atoms with Crippen LogP contribution in [-0.4, -0.2) is 21.9 Å². The normalized spacial score (nSPS) is 10.6. The Morgan fingerprint density at radius 2 is 1.90 bits per heavy atom. The van der Waals surface area contributed by atoms with Crippen LogP contribution in [0.15, 0.2) is 74.9 Å². The summed E-state index contributed by atoms with van der Waals surface area (Å²) in [7, 11) is 0. The van der Waals surface area contributed by atoms with Crippen LogP contribution in [0.3, 0.4) is 0 Å². The molecule has 0 aliphatic carbocycles. The van der Waals surface area contributed by atoms with Crippen LogP contribution in [0.4, 0.5) is 5.82 Å². The molecule has 0 radical (unpaired) electrons. The molecular weight excluding hydrogens is 388 g/mol. The Morgan fingerprint density at radius 1 is 1.17 bits per heavy atom. The number of hydrogen-bond donors (Lipinski definition) is 1. The van der Waals surface area contributed by atoms with Crippen molar-refractivity contribution in [1.29, 1.82) is 5.26 Å². The van der Waals surface area contributed by atoms with E-state index in [4.69, 9.17) is 4.42 Å². The zero-order valence-electron chi connectivity index (χ0n) is 15.2. The highest BCUT2D eigenvalue weighted by molar-refractivity contribution is 7.98. The number of fused-ring (bicyclic) bond motifs is 1. The smallest absolute Gasteiger partial charge is 0.349 e. The van der Waals surface area contributed by atoms with Crippen LogP contribution in [0, 0.1) is 11.3 Å². The molecule has 0 atom stereocenters. The van der Waals surface area contributed by atoms with E-state index >= 15 is 0 Å². The minimum atomic E-state index is -0.757. The summed E-state index contributed by atoms with van der Waals surface area (Å²) in [5.41, 5.74) is 0.448. The number of carbonyl (C=O) groups is 1. The van der Waals surface area contributed by atoms with Gasteiger partial charge in [-0.05, 0) is 30.5 Å². The van der Waals surface area contributed by atoms with Crippen molar-refractivity contribution in [2.45, 2.75) is 5.03 Å². The number of nitrogens with one attached hydrogen (secondary N) is 1. The van der Waals surface area contributed by atoms with Gasteiger partial charge in [0.25, 0.3) is 5.91 Å². The predicted octanol–water partition coefficient (Wildman–Crippen LogP) is 3.82. The Morgan fingerprint density at radius 3 is 2.62 bits per heavy atom. The van der Waals surface area contributed by atoms with E-state index in [0.717, 1.165) is 5.69 Å². The van der Waals surface area contributed by atoms with E-state index in [9.17, 15) is 14.9 Å². The van der Waals surface area contributed by atoms with Gasteiger partial charge >= 0.3 is 5.63 Å². The minimum Gasteiger partial charge on any atom is -0.422 e. The van der Waals surface area contributed by atoms with Gasteiger partial charge in [-0.15, -0.1) is 16.9 Å². The van der Waals surface area contributed by atoms with E-state index in [1.54, 1.807) is 28.9 Å². The third-order valence-electron chi connectivity index (χ3n) is 4.27. The first kappa shape index (κ1) is 18.5. The molecule has 142 valence electrons. The number of amides is 1. The number of para-hydroxylation sites is 2. The second-order valence-corrected chi connectivity index (χ2v) is 6.83. The summed E-state index contributed by atoms with van der Waals surface area (Å²) >= 11 is 1.34. The van der Waals surface area contributed by atoms with Crippen LogP contribution in [-0.2, 0) is 0 Å². The third-order valence-corrected chi connectivity index (χ3v) is 5.03. The Hall–Kier alpha value is -3.83. The fraction of sp³-hybridized carbons (Fsp3) is 0.0476. The number of carbonyl (C=O) groups excluding carboxylic acids is 1. The van der Waals surface area contributed by atoms with Gasteiger partial charge in [0.05, 0.1) is 5.69 Å². The summed E-state index contributed by atoms with van der Waals surface area (Å²) in [6, 6.07) is 19.7. The number of thioether (sulfide) groups is 1. The zero-order valence-corrected chi connectivity index (χ0v) is 16.1. The molecule has 7 nitrogen and oxygen atoms in total. The number of rotatable bonds is 4. The monoisotopic (exact) mass is 402 g/mol. The van der Waals surface area contributed by atoms with Gasteiger partial charge in [0.2, 0.25) is 0 Å². The van der Waals surface area contributed by atoms with Crippen molar-refractivity contribution in [1.82, 2.24) is 9.78 Å². The van der Waals surface area contributed by atoms with Crippen LogP contribution in [0.1, 0.15) is 15.9 Å². The standard InChI is InChI=1S/C21H14N4O3S/c1-29-20-16(12-22)18(24-25(20)14-8-3-2-4-9-14)23-19(26)15-11-13-7-5-6-10-17(13)28-21(15)27/h2-11H,1H3,(H,23,24,26). The highest BCUT2D eigenvalue weighted by Gasteiger charge is 2.22. The predicted molar refractivity (Wildman–Crippen MR) is 110 cm³/mol. The molecule has 4 rings (SSSR count). The van der Waals surface area contributed by atoms with Gasteiger partial charge in [-0.3, -0.25) is 4.79 Å². The summed E-state index contributed by atoms with van der Waals surface area (Å²) in [5.74, 6) is -0.607. The van der Waals surface area contributed by atoms with Gasteiger partial charge in [-0.1, -0.05) is 36.4 Å². The maximum atomic E-state index is 12.8. The van der Waals surface area contributed by atoms with E-state index in [2.05, 4.69) is 16.5 Å². The summed E-state index contributed by atoms with van der Waals surface area (Å²) in [6.45, 7) is 0. The molecule has 0 aliphatic rings. The van der Waals surface area contributed by atoms with Gasteiger partial charge in [-0.25, -0.2) is 9.48 Å². The Kier molecular flexibility index (Phi) is 4.89. The first-order valence-electron chi connectivity index (χ1n) is 8.59. The lowest BCUT2D eigenvalue weighted by Gasteiger charge is -2.04. The van der Waals surface area contributed by atoms with Crippen molar-refractivity contribution < 1.29 is 9.21 Å². The number of hydrogen-bond acceptors (Lipinski definition) is 6. The quantitative estimate of drug-likeness (QED) is 0.411. The fourth-order valence-corrected chi connectivity index (χ4v) is 3.58. The van der Waals surface area contributed by atoms with E-state index in [-0.39, 0.29) is 16.9 Å². The van der Waals surface area contributed by atoms with Crippen molar-refractivity contribution in [3.05, 3.63) is 82.2 Å². The molecule has 1 amide bonds.